The smallest absolute Gasteiger partial charge is 0.254 e. The minimum atomic E-state index is 0.00518. The lowest BCUT2D eigenvalue weighted by atomic mass is 9.89. The molecule has 9 rings (SSSR count). The van der Waals surface area contributed by atoms with E-state index in [2.05, 4.69) is 38.4 Å². The molecule has 2 aliphatic heterocycles. The molecule has 2 saturated carbocycles. The van der Waals surface area contributed by atoms with Crippen LogP contribution in [0.3, 0.4) is 0 Å². The van der Waals surface area contributed by atoms with Crippen LogP contribution in [0.1, 0.15) is 53.2 Å². The number of nitrogens with two attached hydrogens (primary N) is 1. The lowest BCUT2D eigenvalue weighted by Gasteiger charge is -2.40. The molecule has 2 N–H and O–H groups in total. The Morgan fingerprint density at radius 1 is 0.979 bits per heavy atom. The molecule has 3 aromatic heterocycles. The number of benzene rings is 2. The van der Waals surface area contributed by atoms with Crippen LogP contribution in [0.4, 0.5) is 0 Å². The number of imidazole rings is 1. The van der Waals surface area contributed by atoms with Gasteiger partial charge in [-0.25, -0.2) is 4.98 Å². The monoisotopic (exact) mass is 643 g/mol. The molecule has 4 aliphatic rings. The molecule has 2 amide bonds. The van der Waals surface area contributed by atoms with Crippen molar-refractivity contribution in [3.63, 3.8) is 0 Å². The molecule has 4 fully saturated rings. The summed E-state index contributed by atoms with van der Waals surface area (Å²) in [6, 6.07) is 18.5. The SMILES string of the molecule is COc1cc(C(=O)N2C[C@H]3CC[C@@H]2[C@@H]3N)cc2nc(-c3cc4cccc(C5CN(C(=O)Cc6ccccn6)C5)c4n3CC3CC3)n(C)c12. The van der Waals surface area contributed by atoms with Crippen LogP contribution in [0.2, 0.25) is 0 Å². The first-order valence-electron chi connectivity index (χ1n) is 17.3. The normalized spacial score (nSPS) is 22.2. The number of amides is 2. The summed E-state index contributed by atoms with van der Waals surface area (Å²) >= 11 is 0. The summed E-state index contributed by atoms with van der Waals surface area (Å²) in [7, 11) is 3.69. The van der Waals surface area contributed by atoms with Gasteiger partial charge in [0.1, 0.15) is 11.3 Å². The number of carbonyl (C=O) groups is 2. The van der Waals surface area contributed by atoms with E-state index in [9.17, 15) is 9.59 Å². The molecular formula is C38H41N7O3. The predicted octanol–water partition coefficient (Wildman–Crippen LogP) is 4.74. The van der Waals surface area contributed by atoms with E-state index in [1.54, 1.807) is 13.3 Å². The minimum Gasteiger partial charge on any atom is -0.494 e. The topological polar surface area (TPSA) is 112 Å². The molecule has 48 heavy (non-hydrogen) atoms. The zero-order valence-electron chi connectivity index (χ0n) is 27.5. The van der Waals surface area contributed by atoms with Gasteiger partial charge in [-0.2, -0.15) is 0 Å². The second-order valence-electron chi connectivity index (χ2n) is 14.3. The number of hydrogen-bond acceptors (Lipinski definition) is 6. The third-order valence-corrected chi connectivity index (χ3v) is 11.4. The van der Waals surface area contributed by atoms with Crippen molar-refractivity contribution in [2.45, 2.75) is 56.7 Å². The molecule has 2 saturated heterocycles. The van der Waals surface area contributed by atoms with E-state index in [-0.39, 0.29) is 29.8 Å². The van der Waals surface area contributed by atoms with Crippen molar-refractivity contribution >= 4 is 33.8 Å². The maximum Gasteiger partial charge on any atom is 0.254 e. The minimum absolute atomic E-state index is 0.00518. The van der Waals surface area contributed by atoms with E-state index in [4.69, 9.17) is 15.5 Å². The first-order valence-corrected chi connectivity index (χ1v) is 17.3. The molecule has 2 aromatic carbocycles. The van der Waals surface area contributed by atoms with Gasteiger partial charge in [0.2, 0.25) is 5.91 Å². The van der Waals surface area contributed by atoms with Gasteiger partial charge < -0.3 is 29.4 Å². The fraction of sp³-hybridized carbons (Fsp3) is 0.421. The van der Waals surface area contributed by atoms with E-state index < -0.39 is 0 Å². The molecule has 2 aliphatic carbocycles. The summed E-state index contributed by atoms with van der Waals surface area (Å²) < 4.78 is 10.5. The number of aryl methyl sites for hydroxylation is 1. The number of hydrogen-bond donors (Lipinski definition) is 1. The lowest BCUT2D eigenvalue weighted by Crippen LogP contribution is -2.49. The Labute approximate surface area is 279 Å². The van der Waals surface area contributed by atoms with Crippen molar-refractivity contribution in [3.05, 3.63) is 77.6 Å². The first-order chi connectivity index (χ1) is 23.4. The highest BCUT2D eigenvalue weighted by atomic mass is 16.5. The summed E-state index contributed by atoms with van der Waals surface area (Å²) in [5, 5.41) is 1.18. The van der Waals surface area contributed by atoms with E-state index in [0.29, 0.717) is 42.7 Å². The number of piperidine rings is 1. The zero-order valence-corrected chi connectivity index (χ0v) is 27.5. The van der Waals surface area contributed by atoms with Crippen LogP contribution in [0.25, 0.3) is 33.5 Å². The standard InChI is InChI=1S/C38H41N7O3/c1-42-36-29(14-25(16-32(36)48-2)38(47)45-21-24-11-12-30(45)34(24)39)41-37(42)31-15-23-6-5-8-28(35(23)44(31)18-22-9-10-22)26-19-43(20-26)33(46)17-27-7-3-4-13-40-27/h3-8,13-16,22,24,26,30,34H,9-12,17-21,39H2,1-2H3/t24-,30-,34-/m1/s1. The fourth-order valence-corrected chi connectivity index (χ4v) is 8.53. The molecule has 0 spiro atoms. The van der Waals surface area contributed by atoms with Crippen molar-refractivity contribution in [2.24, 2.45) is 24.6 Å². The van der Waals surface area contributed by atoms with Crippen LogP contribution in [-0.2, 0) is 24.8 Å². The second kappa shape index (κ2) is 11.2. The van der Waals surface area contributed by atoms with Crippen LogP contribution in [-0.4, -0.2) is 79.5 Å². The highest BCUT2D eigenvalue weighted by Crippen LogP contribution is 2.42. The van der Waals surface area contributed by atoms with Crippen LogP contribution in [0.5, 0.6) is 5.75 Å². The van der Waals surface area contributed by atoms with Gasteiger partial charge >= 0.3 is 0 Å². The average Bonchev–Trinajstić information content (AvgIpc) is 3.46. The lowest BCUT2D eigenvalue weighted by molar-refractivity contribution is -0.134. The quantitative estimate of drug-likeness (QED) is 0.262. The number of likely N-dealkylation sites (tertiary alicyclic amines) is 2. The number of methoxy groups -OCH3 is 1. The van der Waals surface area contributed by atoms with Crippen molar-refractivity contribution < 1.29 is 14.3 Å². The number of para-hydroxylation sites is 1. The summed E-state index contributed by atoms with van der Waals surface area (Å²) in [6.45, 7) is 3.06. The number of nitrogens with zero attached hydrogens (tertiary/aromatic N) is 6. The Hall–Kier alpha value is -4.70. The molecule has 246 valence electrons. The van der Waals surface area contributed by atoms with Gasteiger partial charge in [-0.1, -0.05) is 24.3 Å². The van der Waals surface area contributed by atoms with E-state index in [1.807, 2.05) is 47.2 Å². The van der Waals surface area contributed by atoms with Gasteiger partial charge in [-0.15, -0.1) is 0 Å². The van der Waals surface area contributed by atoms with Crippen molar-refractivity contribution in [1.29, 1.82) is 0 Å². The van der Waals surface area contributed by atoms with E-state index in [1.165, 1.54) is 29.3 Å². The highest BCUT2D eigenvalue weighted by molar-refractivity contribution is 6.00. The first kappa shape index (κ1) is 29.4. The second-order valence-corrected chi connectivity index (χ2v) is 14.3. The molecular weight excluding hydrogens is 602 g/mol. The molecule has 10 nitrogen and oxygen atoms in total. The molecule has 5 aromatic rings. The Morgan fingerprint density at radius 2 is 1.83 bits per heavy atom. The Balaban J connectivity index is 1.07. The molecule has 2 bridgehead atoms. The zero-order chi connectivity index (χ0) is 32.7. The molecule has 5 heterocycles. The largest absolute Gasteiger partial charge is 0.494 e. The number of fused-ring (bicyclic) bond motifs is 4. The maximum absolute atomic E-state index is 13.8. The average molecular weight is 644 g/mol. The molecule has 0 unspecified atom stereocenters. The third-order valence-electron chi connectivity index (χ3n) is 11.4. The fourth-order valence-electron chi connectivity index (χ4n) is 8.53. The summed E-state index contributed by atoms with van der Waals surface area (Å²) in [6.07, 6.45) is 6.59. The van der Waals surface area contributed by atoms with E-state index >= 15 is 0 Å². The van der Waals surface area contributed by atoms with Crippen LogP contribution < -0.4 is 10.5 Å². The van der Waals surface area contributed by atoms with Crippen LogP contribution in [0.15, 0.2) is 60.8 Å². The van der Waals surface area contributed by atoms with Gasteiger partial charge in [-0.3, -0.25) is 14.6 Å². The molecule has 10 heteroatoms. The van der Waals surface area contributed by atoms with Crippen LogP contribution >= 0.6 is 0 Å². The number of carbonyl (C=O) groups excluding carboxylic acids is 2. The van der Waals surface area contributed by atoms with Crippen molar-refractivity contribution in [1.82, 2.24) is 28.9 Å². The summed E-state index contributed by atoms with van der Waals surface area (Å²) in [5.74, 6) is 2.91. The highest BCUT2D eigenvalue weighted by Gasteiger charge is 2.47. The Morgan fingerprint density at radius 3 is 2.54 bits per heavy atom. The Kier molecular flexibility index (Phi) is 6.86. The number of rotatable bonds is 8. The van der Waals surface area contributed by atoms with Gasteiger partial charge in [0.05, 0.1) is 30.3 Å². The number of ether oxygens (including phenoxy) is 1. The summed E-state index contributed by atoms with van der Waals surface area (Å²) in [5.41, 5.74) is 13.0. The number of aromatic nitrogens is 4. The van der Waals surface area contributed by atoms with Crippen LogP contribution in [0, 0.1) is 11.8 Å². The Bertz CT molecular complexity index is 2070. The van der Waals surface area contributed by atoms with Crippen molar-refractivity contribution in [2.75, 3.05) is 26.7 Å². The predicted molar refractivity (Wildman–Crippen MR) is 184 cm³/mol. The molecule has 0 radical (unpaired) electrons. The van der Waals surface area contributed by atoms with Gasteiger partial charge in [-0.05, 0) is 73.4 Å². The number of pyridine rings is 1. The maximum atomic E-state index is 13.8. The van der Waals surface area contributed by atoms with Crippen molar-refractivity contribution in [3.8, 4) is 17.3 Å². The van der Waals surface area contributed by atoms with Gasteiger partial charge in [0.25, 0.3) is 5.91 Å². The van der Waals surface area contributed by atoms with Gasteiger partial charge in [0, 0.05) is 74.1 Å². The third kappa shape index (κ3) is 4.71. The van der Waals surface area contributed by atoms with E-state index in [0.717, 1.165) is 54.2 Å². The van der Waals surface area contributed by atoms with Gasteiger partial charge in [0.15, 0.2) is 5.82 Å². The summed E-state index contributed by atoms with van der Waals surface area (Å²) in [4.78, 5) is 40.3. The molecule has 3 atom stereocenters.